The van der Waals surface area contributed by atoms with E-state index >= 15 is 0 Å². The smallest absolute Gasteiger partial charge is 0.321 e. The average molecular weight is 417 g/mol. The van der Waals surface area contributed by atoms with Crippen LogP contribution in [0.2, 0.25) is 5.02 Å². The summed E-state index contributed by atoms with van der Waals surface area (Å²) in [5.41, 5.74) is 0. The minimum Gasteiger partial charge on any atom is -0.455 e. The lowest BCUT2D eigenvalue weighted by Crippen LogP contribution is -2.41. The van der Waals surface area contributed by atoms with Gasteiger partial charge in [0.15, 0.2) is 6.61 Å². The molecule has 1 aromatic carbocycles. The Morgan fingerprint density at radius 3 is 2.30 bits per heavy atom. The van der Waals surface area contributed by atoms with E-state index in [1.165, 1.54) is 37.7 Å². The van der Waals surface area contributed by atoms with Gasteiger partial charge in [0.25, 0.3) is 5.91 Å². The van der Waals surface area contributed by atoms with Crippen LogP contribution in [0.3, 0.4) is 0 Å². The first-order chi connectivity index (χ1) is 12.7. The van der Waals surface area contributed by atoms with E-state index < -0.39 is 22.5 Å². The molecule has 1 aromatic rings. The van der Waals surface area contributed by atoms with Crippen molar-refractivity contribution >= 4 is 33.5 Å². The van der Waals surface area contributed by atoms with Crippen LogP contribution in [0.1, 0.15) is 32.1 Å². The minimum atomic E-state index is -3.84. The third kappa shape index (κ3) is 5.92. The number of amides is 1. The Morgan fingerprint density at radius 2 is 1.70 bits per heavy atom. The first kappa shape index (κ1) is 21.7. The molecule has 1 saturated carbocycles. The van der Waals surface area contributed by atoms with Crippen LogP contribution in [0, 0.1) is 0 Å². The van der Waals surface area contributed by atoms with Crippen molar-refractivity contribution in [1.29, 1.82) is 0 Å². The highest BCUT2D eigenvalue weighted by molar-refractivity contribution is 7.89. The van der Waals surface area contributed by atoms with Crippen LogP contribution in [-0.4, -0.2) is 62.8 Å². The van der Waals surface area contributed by atoms with Gasteiger partial charge in [0, 0.05) is 25.2 Å². The summed E-state index contributed by atoms with van der Waals surface area (Å²) in [5, 5.41) is 0.414. The third-order valence-corrected chi connectivity index (χ3v) is 6.82. The Bertz CT molecular complexity index is 760. The predicted octanol–water partition coefficient (Wildman–Crippen LogP) is 2.29. The highest BCUT2D eigenvalue weighted by Crippen LogP contribution is 2.21. The topological polar surface area (TPSA) is 84.0 Å². The van der Waals surface area contributed by atoms with Gasteiger partial charge in [0.1, 0.15) is 6.54 Å². The first-order valence-corrected chi connectivity index (χ1v) is 10.7. The summed E-state index contributed by atoms with van der Waals surface area (Å²) in [6.45, 7) is -0.869. The van der Waals surface area contributed by atoms with Crippen molar-refractivity contribution in [3.63, 3.8) is 0 Å². The van der Waals surface area contributed by atoms with E-state index in [-0.39, 0.29) is 23.5 Å². The van der Waals surface area contributed by atoms with Gasteiger partial charge in [-0.15, -0.1) is 0 Å². The SMILES string of the molecule is CN(C(=O)COC(=O)CN(C)S(=O)(=O)c1ccc(Cl)cc1)C1CCCCC1. The lowest BCUT2D eigenvalue weighted by Gasteiger charge is -2.31. The zero-order valence-electron chi connectivity index (χ0n) is 15.6. The number of ether oxygens (including phenoxy) is 1. The number of sulfonamides is 1. The highest BCUT2D eigenvalue weighted by atomic mass is 35.5. The molecule has 1 aliphatic rings. The number of rotatable bonds is 7. The zero-order chi connectivity index (χ0) is 20.0. The molecule has 7 nitrogen and oxygen atoms in total. The maximum Gasteiger partial charge on any atom is 0.321 e. The Labute approximate surface area is 165 Å². The van der Waals surface area contributed by atoms with Gasteiger partial charge < -0.3 is 9.64 Å². The fourth-order valence-corrected chi connectivity index (χ4v) is 4.26. The van der Waals surface area contributed by atoms with Crippen molar-refractivity contribution in [3.05, 3.63) is 29.3 Å². The summed E-state index contributed by atoms with van der Waals surface area (Å²) in [6.07, 6.45) is 5.28. The molecule has 0 atom stereocenters. The van der Waals surface area contributed by atoms with Gasteiger partial charge in [-0.3, -0.25) is 9.59 Å². The van der Waals surface area contributed by atoms with E-state index in [9.17, 15) is 18.0 Å². The number of halogens is 1. The largest absolute Gasteiger partial charge is 0.455 e. The lowest BCUT2D eigenvalue weighted by molar-refractivity contribution is -0.152. The number of hydrogen-bond donors (Lipinski definition) is 0. The summed E-state index contributed by atoms with van der Waals surface area (Å²) < 4.78 is 30.7. The molecule has 0 aromatic heterocycles. The molecular weight excluding hydrogens is 392 g/mol. The van der Waals surface area contributed by atoms with Crippen molar-refractivity contribution in [1.82, 2.24) is 9.21 Å². The Morgan fingerprint density at radius 1 is 1.11 bits per heavy atom. The number of esters is 1. The molecule has 1 amide bonds. The van der Waals surface area contributed by atoms with Crippen molar-refractivity contribution in [3.8, 4) is 0 Å². The number of carbonyl (C=O) groups is 2. The molecule has 0 heterocycles. The van der Waals surface area contributed by atoms with Crippen LogP contribution < -0.4 is 0 Å². The van der Waals surface area contributed by atoms with E-state index in [4.69, 9.17) is 16.3 Å². The Kier molecular flexibility index (Phi) is 7.64. The van der Waals surface area contributed by atoms with Crippen molar-refractivity contribution in [2.75, 3.05) is 27.2 Å². The number of hydrogen-bond acceptors (Lipinski definition) is 5. The van der Waals surface area contributed by atoms with Crippen molar-refractivity contribution in [2.45, 2.75) is 43.0 Å². The van der Waals surface area contributed by atoms with Gasteiger partial charge in [-0.1, -0.05) is 30.9 Å². The zero-order valence-corrected chi connectivity index (χ0v) is 17.1. The average Bonchev–Trinajstić information content (AvgIpc) is 2.66. The maximum atomic E-state index is 12.4. The molecule has 0 spiro atoms. The van der Waals surface area contributed by atoms with E-state index in [2.05, 4.69) is 0 Å². The summed E-state index contributed by atoms with van der Waals surface area (Å²) in [5.74, 6) is -1.06. The second-order valence-corrected chi connectivity index (χ2v) is 9.15. The molecule has 1 aliphatic carbocycles. The number of carbonyl (C=O) groups excluding carboxylic acids is 2. The number of benzene rings is 1. The monoisotopic (exact) mass is 416 g/mol. The van der Waals surface area contributed by atoms with Gasteiger partial charge in [0.05, 0.1) is 4.90 Å². The second-order valence-electron chi connectivity index (χ2n) is 6.67. The Hall–Kier alpha value is -1.64. The number of likely N-dealkylation sites (N-methyl/N-ethyl adjacent to an activating group) is 2. The maximum absolute atomic E-state index is 12.4. The predicted molar refractivity (Wildman–Crippen MR) is 102 cm³/mol. The van der Waals surface area contributed by atoms with Crippen molar-refractivity contribution in [2.24, 2.45) is 0 Å². The molecule has 27 heavy (non-hydrogen) atoms. The van der Waals surface area contributed by atoms with Gasteiger partial charge in [0.2, 0.25) is 10.0 Å². The van der Waals surface area contributed by atoms with Gasteiger partial charge >= 0.3 is 5.97 Å². The number of nitrogens with zero attached hydrogens (tertiary/aromatic N) is 2. The minimum absolute atomic E-state index is 0.0234. The van der Waals surface area contributed by atoms with E-state index in [0.717, 1.165) is 30.0 Å². The molecular formula is C18H25ClN2O5S. The molecule has 9 heteroatoms. The van der Waals surface area contributed by atoms with Crippen molar-refractivity contribution < 1.29 is 22.7 Å². The third-order valence-electron chi connectivity index (χ3n) is 4.75. The van der Waals surface area contributed by atoms with E-state index in [0.29, 0.717) is 5.02 Å². The highest BCUT2D eigenvalue weighted by Gasteiger charge is 2.25. The molecule has 0 bridgehead atoms. The van der Waals surface area contributed by atoms with Crippen LogP contribution in [0.25, 0.3) is 0 Å². The van der Waals surface area contributed by atoms with E-state index in [1.54, 1.807) is 11.9 Å². The fraction of sp³-hybridized carbons (Fsp3) is 0.556. The quantitative estimate of drug-likeness (QED) is 0.637. The normalized spacial score (nSPS) is 15.6. The standard InChI is InChI=1S/C18H25ClN2O5S/c1-20(27(24,25)16-10-8-14(19)9-11-16)12-18(23)26-13-17(22)21(2)15-6-4-3-5-7-15/h8-11,15H,3-7,12-13H2,1-2H3. The summed E-state index contributed by atoms with van der Waals surface area (Å²) in [7, 11) is -0.854. The fourth-order valence-electron chi connectivity index (χ4n) is 3.01. The van der Waals surface area contributed by atoms with Crippen LogP contribution in [-0.2, 0) is 24.3 Å². The van der Waals surface area contributed by atoms with Crippen LogP contribution >= 0.6 is 11.6 Å². The summed E-state index contributed by atoms with van der Waals surface area (Å²) in [4.78, 5) is 25.8. The molecule has 0 saturated heterocycles. The second kappa shape index (κ2) is 9.52. The van der Waals surface area contributed by atoms with Gasteiger partial charge in [-0.2, -0.15) is 4.31 Å². The first-order valence-electron chi connectivity index (χ1n) is 8.85. The van der Waals surface area contributed by atoms with Gasteiger partial charge in [-0.25, -0.2) is 8.42 Å². The molecule has 150 valence electrons. The molecule has 0 N–H and O–H groups in total. The molecule has 0 unspecified atom stereocenters. The lowest BCUT2D eigenvalue weighted by atomic mass is 9.94. The van der Waals surface area contributed by atoms with E-state index in [1.807, 2.05) is 0 Å². The summed E-state index contributed by atoms with van der Waals surface area (Å²) in [6, 6.07) is 5.82. The molecule has 2 rings (SSSR count). The molecule has 0 aliphatic heterocycles. The molecule has 1 fully saturated rings. The van der Waals surface area contributed by atoms with Crippen LogP contribution in [0.15, 0.2) is 29.2 Å². The van der Waals surface area contributed by atoms with Crippen LogP contribution in [0.5, 0.6) is 0 Å². The Balaban J connectivity index is 1.85. The van der Waals surface area contributed by atoms with Crippen LogP contribution in [0.4, 0.5) is 0 Å². The molecule has 0 radical (unpaired) electrons. The van der Waals surface area contributed by atoms with Gasteiger partial charge in [-0.05, 0) is 37.1 Å². The summed E-state index contributed by atoms with van der Waals surface area (Å²) >= 11 is 5.76.